The van der Waals surface area contributed by atoms with Crippen molar-refractivity contribution in [1.82, 2.24) is 9.88 Å². The summed E-state index contributed by atoms with van der Waals surface area (Å²) < 4.78 is 0. The molecule has 0 aliphatic rings. The molecule has 2 aromatic rings. The van der Waals surface area contributed by atoms with Crippen LogP contribution in [0.2, 0.25) is 0 Å². The Morgan fingerprint density at radius 1 is 1.30 bits per heavy atom. The summed E-state index contributed by atoms with van der Waals surface area (Å²) in [7, 11) is 1.92. The standard InChI is InChI=1S/C17H20N4OS/c1-21(10-7-13-5-8-19-9-6-13)12-16(22)20-15-4-2-3-14(11-15)17(18)23/h2-6,8-9,11H,7,10,12H2,1H3,(H2,18,23)(H,20,22). The first-order valence-electron chi connectivity index (χ1n) is 7.32. The number of carbonyl (C=O) groups excluding carboxylic acids is 1. The average Bonchev–Trinajstić information content (AvgIpc) is 2.54. The number of aromatic nitrogens is 1. The van der Waals surface area contributed by atoms with E-state index in [1.807, 2.05) is 42.3 Å². The molecule has 0 unspecified atom stereocenters. The van der Waals surface area contributed by atoms with Gasteiger partial charge in [0.05, 0.1) is 6.54 Å². The number of nitrogens with one attached hydrogen (secondary N) is 1. The summed E-state index contributed by atoms with van der Waals surface area (Å²) in [6, 6.07) is 11.2. The van der Waals surface area contributed by atoms with E-state index in [0.29, 0.717) is 17.2 Å². The van der Waals surface area contributed by atoms with Crippen LogP contribution in [-0.2, 0) is 11.2 Å². The molecular weight excluding hydrogens is 308 g/mol. The fourth-order valence-electron chi connectivity index (χ4n) is 2.14. The van der Waals surface area contributed by atoms with Gasteiger partial charge in [-0.1, -0.05) is 24.4 Å². The number of hydrogen-bond acceptors (Lipinski definition) is 4. The number of nitrogens with two attached hydrogens (primary N) is 1. The van der Waals surface area contributed by atoms with E-state index in [1.54, 1.807) is 18.5 Å². The lowest BCUT2D eigenvalue weighted by atomic mass is 10.2. The van der Waals surface area contributed by atoms with Crippen LogP contribution < -0.4 is 11.1 Å². The average molecular weight is 328 g/mol. The first-order chi connectivity index (χ1) is 11.0. The number of nitrogens with zero attached hydrogens (tertiary/aromatic N) is 2. The van der Waals surface area contributed by atoms with Gasteiger partial charge in [-0.25, -0.2) is 0 Å². The van der Waals surface area contributed by atoms with Crippen molar-refractivity contribution in [2.45, 2.75) is 6.42 Å². The van der Waals surface area contributed by atoms with Gasteiger partial charge in [0.25, 0.3) is 0 Å². The molecule has 5 nitrogen and oxygen atoms in total. The van der Waals surface area contributed by atoms with Crippen LogP contribution in [0.25, 0.3) is 0 Å². The number of pyridine rings is 1. The Hall–Kier alpha value is -2.31. The van der Waals surface area contributed by atoms with E-state index < -0.39 is 0 Å². The van der Waals surface area contributed by atoms with E-state index in [1.165, 1.54) is 5.56 Å². The van der Waals surface area contributed by atoms with E-state index >= 15 is 0 Å². The van der Waals surface area contributed by atoms with Crippen LogP contribution in [0.1, 0.15) is 11.1 Å². The van der Waals surface area contributed by atoms with Crippen molar-refractivity contribution in [1.29, 1.82) is 0 Å². The van der Waals surface area contributed by atoms with Gasteiger partial charge in [0.1, 0.15) is 4.99 Å². The lowest BCUT2D eigenvalue weighted by Crippen LogP contribution is -2.31. The second-order valence-electron chi connectivity index (χ2n) is 5.34. The predicted molar refractivity (Wildman–Crippen MR) is 96.4 cm³/mol. The molecule has 1 aromatic carbocycles. The zero-order valence-electron chi connectivity index (χ0n) is 13.0. The molecule has 2 rings (SSSR count). The van der Waals surface area contributed by atoms with Crippen LogP contribution in [0, 0.1) is 0 Å². The number of benzene rings is 1. The molecule has 0 bridgehead atoms. The number of carbonyl (C=O) groups is 1. The Labute approximate surface area is 141 Å². The third-order valence-electron chi connectivity index (χ3n) is 3.38. The Bertz CT molecular complexity index is 675. The summed E-state index contributed by atoms with van der Waals surface area (Å²) in [6.45, 7) is 1.12. The van der Waals surface area contributed by atoms with Gasteiger partial charge >= 0.3 is 0 Å². The largest absolute Gasteiger partial charge is 0.389 e. The molecule has 0 saturated carbocycles. The lowest BCUT2D eigenvalue weighted by molar-refractivity contribution is -0.117. The van der Waals surface area contributed by atoms with Gasteiger partial charge in [0, 0.05) is 30.2 Å². The first-order valence-corrected chi connectivity index (χ1v) is 7.72. The number of rotatable bonds is 7. The van der Waals surface area contributed by atoms with E-state index in [-0.39, 0.29) is 5.91 Å². The summed E-state index contributed by atoms with van der Waals surface area (Å²) in [5.74, 6) is -0.0673. The fraction of sp³-hybridized carbons (Fsp3) is 0.235. The SMILES string of the molecule is CN(CCc1ccncc1)CC(=O)Nc1cccc(C(N)=S)c1. The van der Waals surface area contributed by atoms with E-state index in [4.69, 9.17) is 18.0 Å². The minimum Gasteiger partial charge on any atom is -0.389 e. The van der Waals surface area contributed by atoms with Crippen LogP contribution in [0.3, 0.4) is 0 Å². The first kappa shape index (κ1) is 17.1. The molecule has 6 heteroatoms. The van der Waals surface area contributed by atoms with Gasteiger partial charge in [-0.3, -0.25) is 14.7 Å². The van der Waals surface area contributed by atoms with E-state index in [0.717, 1.165) is 18.5 Å². The van der Waals surface area contributed by atoms with Gasteiger partial charge < -0.3 is 11.1 Å². The summed E-state index contributed by atoms with van der Waals surface area (Å²) in [4.78, 5) is 18.4. The van der Waals surface area contributed by atoms with Crippen molar-refractivity contribution in [3.05, 3.63) is 59.9 Å². The molecule has 1 amide bonds. The second-order valence-corrected chi connectivity index (χ2v) is 5.78. The number of anilines is 1. The minimum atomic E-state index is -0.0673. The third kappa shape index (κ3) is 5.77. The Balaban J connectivity index is 1.82. The van der Waals surface area contributed by atoms with Gasteiger partial charge in [-0.15, -0.1) is 0 Å². The molecule has 0 saturated heterocycles. The highest BCUT2D eigenvalue weighted by molar-refractivity contribution is 7.80. The highest BCUT2D eigenvalue weighted by Crippen LogP contribution is 2.10. The highest BCUT2D eigenvalue weighted by atomic mass is 32.1. The molecule has 0 atom stereocenters. The fourth-order valence-corrected chi connectivity index (χ4v) is 2.27. The number of likely N-dealkylation sites (N-methyl/N-ethyl adjacent to an activating group) is 1. The third-order valence-corrected chi connectivity index (χ3v) is 3.61. The molecule has 23 heavy (non-hydrogen) atoms. The summed E-state index contributed by atoms with van der Waals surface area (Å²) in [6.07, 6.45) is 4.43. The van der Waals surface area contributed by atoms with Crippen LogP contribution >= 0.6 is 12.2 Å². The van der Waals surface area contributed by atoms with Crippen LogP contribution in [0.15, 0.2) is 48.8 Å². The number of hydrogen-bond donors (Lipinski definition) is 2. The maximum Gasteiger partial charge on any atom is 0.238 e. The molecule has 1 heterocycles. The topological polar surface area (TPSA) is 71.2 Å². The quantitative estimate of drug-likeness (QED) is 0.759. The highest BCUT2D eigenvalue weighted by Gasteiger charge is 2.08. The second kappa shape index (κ2) is 8.36. The summed E-state index contributed by atoms with van der Waals surface area (Å²) in [5, 5.41) is 2.86. The normalized spacial score (nSPS) is 10.5. The van der Waals surface area contributed by atoms with E-state index in [2.05, 4.69) is 10.3 Å². The monoisotopic (exact) mass is 328 g/mol. The molecule has 0 radical (unpaired) electrons. The minimum absolute atomic E-state index is 0.0673. The summed E-state index contributed by atoms with van der Waals surface area (Å²) in [5.41, 5.74) is 8.24. The van der Waals surface area contributed by atoms with E-state index in [9.17, 15) is 4.79 Å². The van der Waals surface area contributed by atoms with Crippen molar-refractivity contribution in [3.63, 3.8) is 0 Å². The molecule has 0 aliphatic carbocycles. The molecule has 0 spiro atoms. The van der Waals surface area contributed by atoms with Crippen LogP contribution in [0.5, 0.6) is 0 Å². The summed E-state index contributed by atoms with van der Waals surface area (Å²) >= 11 is 4.94. The number of thiocarbonyl (C=S) groups is 1. The van der Waals surface area contributed by atoms with Crippen LogP contribution in [0.4, 0.5) is 5.69 Å². The van der Waals surface area contributed by atoms with Crippen molar-refractivity contribution >= 4 is 28.8 Å². The lowest BCUT2D eigenvalue weighted by Gasteiger charge is -2.16. The van der Waals surface area contributed by atoms with Crippen molar-refractivity contribution < 1.29 is 4.79 Å². The van der Waals surface area contributed by atoms with Crippen molar-refractivity contribution in [3.8, 4) is 0 Å². The molecular formula is C17H20N4OS. The predicted octanol–water partition coefficient (Wildman–Crippen LogP) is 1.83. The molecule has 1 aromatic heterocycles. The van der Waals surface area contributed by atoms with Gasteiger partial charge in [0.15, 0.2) is 0 Å². The zero-order valence-corrected chi connectivity index (χ0v) is 13.8. The van der Waals surface area contributed by atoms with Crippen molar-refractivity contribution in [2.75, 3.05) is 25.5 Å². The molecule has 0 aliphatic heterocycles. The molecule has 3 N–H and O–H groups in total. The maximum absolute atomic E-state index is 12.1. The molecule has 120 valence electrons. The van der Waals surface area contributed by atoms with Crippen molar-refractivity contribution in [2.24, 2.45) is 5.73 Å². The van der Waals surface area contributed by atoms with Crippen LogP contribution in [-0.4, -0.2) is 40.9 Å². The van der Waals surface area contributed by atoms with Gasteiger partial charge in [0.2, 0.25) is 5.91 Å². The number of amides is 1. The maximum atomic E-state index is 12.1. The van der Waals surface area contributed by atoms with Gasteiger partial charge in [-0.05, 0) is 43.3 Å². The zero-order chi connectivity index (χ0) is 16.7. The Kier molecular flexibility index (Phi) is 6.19. The Morgan fingerprint density at radius 2 is 2.04 bits per heavy atom. The van der Waals surface area contributed by atoms with Gasteiger partial charge in [-0.2, -0.15) is 0 Å². The Morgan fingerprint density at radius 3 is 2.74 bits per heavy atom. The smallest absolute Gasteiger partial charge is 0.238 e. The molecule has 0 fully saturated rings.